The number of hydrogen-bond acceptors (Lipinski definition) is 4. The first-order chi connectivity index (χ1) is 12.9. The van der Waals surface area contributed by atoms with Gasteiger partial charge in [-0.1, -0.05) is 33.1 Å². The van der Waals surface area contributed by atoms with Crippen molar-refractivity contribution in [2.75, 3.05) is 19.7 Å². The molecule has 2 fully saturated rings. The molecule has 2 aliphatic rings. The summed E-state index contributed by atoms with van der Waals surface area (Å²) >= 11 is 0. The molecule has 2 amide bonds. The average Bonchev–Trinajstić information content (AvgIpc) is 2.96. The van der Waals surface area contributed by atoms with Gasteiger partial charge in [0.05, 0.1) is 6.61 Å². The van der Waals surface area contributed by atoms with E-state index in [9.17, 15) is 14.4 Å². The molecule has 6 nitrogen and oxygen atoms in total. The van der Waals surface area contributed by atoms with Gasteiger partial charge in [0.25, 0.3) is 0 Å². The molecule has 2 rings (SSSR count). The smallest absolute Gasteiger partial charge is 0.333 e. The Bertz CT molecular complexity index is 528. The van der Waals surface area contributed by atoms with Crippen LogP contribution in [0, 0.1) is 0 Å². The van der Waals surface area contributed by atoms with E-state index in [4.69, 9.17) is 4.74 Å². The van der Waals surface area contributed by atoms with Crippen LogP contribution in [0.3, 0.4) is 0 Å². The lowest BCUT2D eigenvalue weighted by molar-refractivity contribution is -0.139. The van der Waals surface area contributed by atoms with Crippen LogP contribution < -0.4 is 0 Å². The number of likely N-dealkylation sites (tertiary alicyclic amines) is 2. The van der Waals surface area contributed by atoms with Crippen LogP contribution in [0.4, 0.5) is 0 Å². The Morgan fingerprint density at radius 2 is 1.52 bits per heavy atom. The van der Waals surface area contributed by atoms with Gasteiger partial charge in [0.2, 0.25) is 11.8 Å². The van der Waals surface area contributed by atoms with E-state index in [1.807, 2.05) is 6.92 Å². The van der Waals surface area contributed by atoms with Crippen molar-refractivity contribution in [3.63, 3.8) is 0 Å². The quantitative estimate of drug-likeness (QED) is 0.539. The minimum absolute atomic E-state index is 0.208. The fourth-order valence-corrected chi connectivity index (χ4v) is 2.38. The van der Waals surface area contributed by atoms with E-state index < -0.39 is 0 Å². The largest absolute Gasteiger partial charge is 0.462 e. The summed E-state index contributed by atoms with van der Waals surface area (Å²) in [5, 5.41) is 0. The molecule has 0 aliphatic carbocycles. The van der Waals surface area contributed by atoms with E-state index in [2.05, 4.69) is 19.7 Å². The number of carbonyl (C=O) groups is 3. The van der Waals surface area contributed by atoms with Gasteiger partial charge in [-0.15, -0.1) is 0 Å². The van der Waals surface area contributed by atoms with Gasteiger partial charge < -0.3 is 14.5 Å². The zero-order chi connectivity index (χ0) is 20.7. The predicted molar refractivity (Wildman–Crippen MR) is 108 cm³/mol. The summed E-state index contributed by atoms with van der Waals surface area (Å²) in [7, 11) is 0. The second kappa shape index (κ2) is 14.8. The number of hydrogen-bond donors (Lipinski definition) is 0. The lowest BCUT2D eigenvalue weighted by atomic mass is 10.2. The summed E-state index contributed by atoms with van der Waals surface area (Å²) in [4.78, 5) is 35.7. The molecule has 0 aromatic carbocycles. The molecule has 0 unspecified atom stereocenters. The molecule has 0 bridgehead atoms. The van der Waals surface area contributed by atoms with Crippen molar-refractivity contribution in [3.8, 4) is 0 Å². The highest BCUT2D eigenvalue weighted by atomic mass is 16.5. The van der Waals surface area contributed by atoms with Crippen LogP contribution in [0.2, 0.25) is 0 Å². The van der Waals surface area contributed by atoms with E-state index in [0.717, 1.165) is 38.8 Å². The Balaban J connectivity index is 0.000000378. The molecular formula is C21H34N2O4. The van der Waals surface area contributed by atoms with E-state index in [-0.39, 0.29) is 17.8 Å². The van der Waals surface area contributed by atoms with Gasteiger partial charge in [-0.25, -0.2) is 4.79 Å². The van der Waals surface area contributed by atoms with Crippen LogP contribution in [0.5, 0.6) is 0 Å². The Labute approximate surface area is 163 Å². The van der Waals surface area contributed by atoms with E-state index in [1.165, 1.54) is 6.42 Å². The highest BCUT2D eigenvalue weighted by Gasteiger charge is 2.16. The second-order valence-corrected chi connectivity index (χ2v) is 6.37. The molecule has 2 heterocycles. The molecular weight excluding hydrogens is 344 g/mol. The Morgan fingerprint density at radius 1 is 1.00 bits per heavy atom. The Morgan fingerprint density at radius 3 is 1.93 bits per heavy atom. The van der Waals surface area contributed by atoms with Crippen molar-refractivity contribution in [2.45, 2.75) is 58.8 Å². The summed E-state index contributed by atoms with van der Waals surface area (Å²) in [5.41, 5.74) is 0.462. The monoisotopic (exact) mass is 378 g/mol. The molecule has 0 N–H and O–H groups in total. The molecule has 27 heavy (non-hydrogen) atoms. The van der Waals surface area contributed by atoms with Crippen LogP contribution in [-0.4, -0.2) is 47.3 Å². The zero-order valence-corrected chi connectivity index (χ0v) is 16.9. The number of esters is 1. The molecule has 2 aliphatic heterocycles. The molecule has 0 radical (unpaired) electrons. The zero-order valence-electron chi connectivity index (χ0n) is 16.9. The number of carbonyl (C=O) groups excluding carboxylic acids is 3. The lowest BCUT2D eigenvalue weighted by Crippen LogP contribution is -2.23. The SMILES string of the molecule is C=C(C)C(=O)OCCC.C=CN1CCCC1=O.C=CN1CCCCCC1=O. The first kappa shape index (κ1) is 24.6. The van der Waals surface area contributed by atoms with Crippen molar-refractivity contribution < 1.29 is 19.1 Å². The van der Waals surface area contributed by atoms with Gasteiger partial charge in [0.1, 0.15) is 0 Å². The highest BCUT2D eigenvalue weighted by molar-refractivity contribution is 5.86. The molecule has 0 saturated carbocycles. The number of ether oxygens (including phenoxy) is 1. The lowest BCUT2D eigenvalue weighted by Gasteiger charge is -2.13. The van der Waals surface area contributed by atoms with E-state index in [1.54, 1.807) is 29.1 Å². The summed E-state index contributed by atoms with van der Waals surface area (Å²) in [6.45, 7) is 16.3. The van der Waals surface area contributed by atoms with Crippen LogP contribution in [0.1, 0.15) is 58.8 Å². The van der Waals surface area contributed by atoms with Gasteiger partial charge in [-0.3, -0.25) is 9.59 Å². The van der Waals surface area contributed by atoms with Crippen molar-refractivity contribution in [1.29, 1.82) is 0 Å². The van der Waals surface area contributed by atoms with Crippen molar-refractivity contribution in [2.24, 2.45) is 0 Å². The van der Waals surface area contributed by atoms with Gasteiger partial charge in [-0.2, -0.15) is 0 Å². The maximum atomic E-state index is 11.1. The van der Waals surface area contributed by atoms with Gasteiger partial charge in [0, 0.05) is 31.5 Å². The molecule has 0 spiro atoms. The van der Waals surface area contributed by atoms with E-state index >= 15 is 0 Å². The Hall–Kier alpha value is -2.37. The van der Waals surface area contributed by atoms with Crippen LogP contribution in [0.15, 0.2) is 37.7 Å². The van der Waals surface area contributed by atoms with Crippen LogP contribution >= 0.6 is 0 Å². The maximum absolute atomic E-state index is 11.1. The molecule has 2 saturated heterocycles. The summed E-state index contributed by atoms with van der Waals surface area (Å²) in [5.74, 6) is 0.143. The van der Waals surface area contributed by atoms with Crippen LogP contribution in [-0.2, 0) is 19.1 Å². The normalized spacial score (nSPS) is 16.2. The summed E-state index contributed by atoms with van der Waals surface area (Å²) in [6.07, 6.45) is 9.82. The molecule has 6 heteroatoms. The third kappa shape index (κ3) is 11.1. The van der Waals surface area contributed by atoms with Crippen molar-refractivity contribution in [3.05, 3.63) is 37.7 Å². The van der Waals surface area contributed by atoms with Crippen molar-refractivity contribution >= 4 is 17.8 Å². The average molecular weight is 379 g/mol. The standard InChI is InChI=1S/C8H13NO.C7H12O2.C6H9NO/c1-2-9-7-5-3-4-6-8(9)10;1-4-5-9-7(8)6(2)3;1-2-7-5-3-4-6(7)8/h2H,1,3-7H2;2,4-5H2,1,3H3;2H,1,3-5H2. The Kier molecular flexibility index (Phi) is 13.5. The molecule has 152 valence electrons. The van der Waals surface area contributed by atoms with Gasteiger partial charge >= 0.3 is 5.97 Å². The summed E-state index contributed by atoms with van der Waals surface area (Å²) in [6, 6.07) is 0. The number of rotatable bonds is 5. The minimum atomic E-state index is -0.295. The summed E-state index contributed by atoms with van der Waals surface area (Å²) < 4.78 is 4.71. The fraction of sp³-hybridized carbons (Fsp3) is 0.571. The molecule has 0 aromatic heterocycles. The number of nitrogens with zero attached hydrogens (tertiary/aromatic N) is 2. The predicted octanol–water partition coefficient (Wildman–Crippen LogP) is 3.80. The molecule has 0 aromatic rings. The second-order valence-electron chi connectivity index (χ2n) is 6.37. The van der Waals surface area contributed by atoms with E-state index in [0.29, 0.717) is 25.0 Å². The van der Waals surface area contributed by atoms with Gasteiger partial charge in [-0.05, 0) is 45.0 Å². The van der Waals surface area contributed by atoms with Crippen molar-refractivity contribution in [1.82, 2.24) is 9.80 Å². The van der Waals surface area contributed by atoms with Gasteiger partial charge in [0.15, 0.2) is 0 Å². The highest BCUT2D eigenvalue weighted by Crippen LogP contribution is 2.10. The first-order valence-electron chi connectivity index (χ1n) is 9.54. The topological polar surface area (TPSA) is 66.9 Å². The minimum Gasteiger partial charge on any atom is -0.462 e. The maximum Gasteiger partial charge on any atom is 0.333 e. The fourth-order valence-electron chi connectivity index (χ4n) is 2.38. The molecule has 0 atom stereocenters. The van der Waals surface area contributed by atoms with Crippen LogP contribution in [0.25, 0.3) is 0 Å². The number of amides is 2. The third-order valence-electron chi connectivity index (χ3n) is 3.95. The third-order valence-corrected chi connectivity index (χ3v) is 3.95. The first-order valence-corrected chi connectivity index (χ1v) is 9.54.